The lowest BCUT2D eigenvalue weighted by Crippen LogP contribution is -2.36. The molecule has 2 atom stereocenters. The number of esters is 1. The molecule has 0 radical (unpaired) electrons. The Morgan fingerprint density at radius 1 is 1.03 bits per heavy atom. The highest BCUT2D eigenvalue weighted by atomic mass is 35.5. The number of hydrogen-bond donors (Lipinski definition) is 1. The molecular formula is C31H39ClN2O4. The molecule has 1 N–H and O–H groups in total. The smallest absolute Gasteiger partial charge is 0.419 e. The number of hydrogen-bond acceptors (Lipinski definition) is 5. The highest BCUT2D eigenvalue weighted by Gasteiger charge is 2.29. The lowest BCUT2D eigenvalue weighted by atomic mass is 9.77. The topological polar surface area (TPSA) is 69.6 Å². The fourth-order valence-electron chi connectivity index (χ4n) is 5.22. The van der Waals surface area contributed by atoms with Gasteiger partial charge in [-0.2, -0.15) is 0 Å². The van der Waals surface area contributed by atoms with Gasteiger partial charge in [0.05, 0.1) is 16.1 Å². The van der Waals surface area contributed by atoms with Crippen molar-refractivity contribution in [2.75, 3.05) is 13.1 Å². The maximum atomic E-state index is 12.9. The van der Waals surface area contributed by atoms with Crippen LogP contribution in [-0.4, -0.2) is 40.9 Å². The van der Waals surface area contributed by atoms with Crippen molar-refractivity contribution in [3.8, 4) is 0 Å². The van der Waals surface area contributed by atoms with Crippen LogP contribution in [0.15, 0.2) is 42.6 Å². The molecule has 1 aliphatic heterocycles. The van der Waals surface area contributed by atoms with Crippen molar-refractivity contribution in [3.63, 3.8) is 0 Å². The van der Waals surface area contributed by atoms with E-state index < -0.39 is 17.3 Å². The van der Waals surface area contributed by atoms with Crippen LogP contribution in [0.4, 0.5) is 4.79 Å². The number of rotatable bonds is 4. The molecule has 0 aliphatic carbocycles. The van der Waals surface area contributed by atoms with Crippen molar-refractivity contribution < 1.29 is 19.1 Å². The minimum Gasteiger partial charge on any atom is -0.456 e. The zero-order chi connectivity index (χ0) is 27.8. The third-order valence-electron chi connectivity index (χ3n) is 6.91. The van der Waals surface area contributed by atoms with Crippen LogP contribution >= 0.6 is 11.6 Å². The normalized spacial score (nSPS) is 18.4. The Labute approximate surface area is 230 Å². The molecule has 0 spiro atoms. The van der Waals surface area contributed by atoms with Gasteiger partial charge in [0.1, 0.15) is 11.2 Å². The van der Waals surface area contributed by atoms with E-state index in [4.69, 9.17) is 21.1 Å². The van der Waals surface area contributed by atoms with E-state index >= 15 is 0 Å². The maximum Gasteiger partial charge on any atom is 0.419 e. The van der Waals surface area contributed by atoms with Gasteiger partial charge >= 0.3 is 12.1 Å². The quantitative estimate of drug-likeness (QED) is 0.353. The summed E-state index contributed by atoms with van der Waals surface area (Å²) < 4.78 is 12.7. The van der Waals surface area contributed by atoms with E-state index in [1.54, 1.807) is 6.20 Å². The fourth-order valence-corrected chi connectivity index (χ4v) is 5.58. The highest BCUT2D eigenvalue weighted by Crippen LogP contribution is 2.37. The summed E-state index contributed by atoms with van der Waals surface area (Å²) in [6.07, 6.45) is 3.20. The third-order valence-corrected chi connectivity index (χ3v) is 7.20. The maximum absolute atomic E-state index is 12.9. The first-order valence-corrected chi connectivity index (χ1v) is 13.7. The SMILES string of the molecule is Cc1cc(Cl)c2c(ccn2C(=O)OC(C)(C)C)c1C[C@@H]1CCNC[C@H]1c1ccc(C(=O)OC(C)(C)C)cc1. The Morgan fingerprint density at radius 2 is 1.68 bits per heavy atom. The molecule has 7 heteroatoms. The van der Waals surface area contributed by atoms with Crippen molar-refractivity contribution in [3.05, 3.63) is 69.9 Å². The Balaban J connectivity index is 1.62. The number of halogens is 1. The minimum absolute atomic E-state index is 0.287. The molecule has 1 fully saturated rings. The molecular weight excluding hydrogens is 500 g/mol. The number of aryl methyl sites for hydroxylation is 1. The van der Waals surface area contributed by atoms with Gasteiger partial charge in [-0.15, -0.1) is 0 Å². The summed E-state index contributed by atoms with van der Waals surface area (Å²) in [6, 6.07) is 11.7. The van der Waals surface area contributed by atoms with Crippen LogP contribution in [0.25, 0.3) is 10.9 Å². The van der Waals surface area contributed by atoms with Gasteiger partial charge in [-0.1, -0.05) is 23.7 Å². The number of carbonyl (C=O) groups is 2. The van der Waals surface area contributed by atoms with Gasteiger partial charge < -0.3 is 14.8 Å². The van der Waals surface area contributed by atoms with Gasteiger partial charge in [0.25, 0.3) is 0 Å². The number of nitrogens with zero attached hydrogens (tertiary/aromatic N) is 1. The molecule has 0 amide bonds. The third kappa shape index (κ3) is 6.41. The summed E-state index contributed by atoms with van der Waals surface area (Å²) in [4.78, 5) is 25.4. The van der Waals surface area contributed by atoms with Crippen molar-refractivity contribution in [2.24, 2.45) is 5.92 Å². The van der Waals surface area contributed by atoms with E-state index in [1.807, 2.05) is 77.9 Å². The molecule has 2 heterocycles. The van der Waals surface area contributed by atoms with Crippen molar-refractivity contribution in [1.29, 1.82) is 0 Å². The van der Waals surface area contributed by atoms with Gasteiger partial charge in [0.2, 0.25) is 0 Å². The second kappa shape index (κ2) is 10.7. The predicted octanol–water partition coefficient (Wildman–Crippen LogP) is 7.28. The number of fused-ring (bicyclic) bond motifs is 1. The first-order valence-electron chi connectivity index (χ1n) is 13.3. The molecule has 1 saturated heterocycles. The first-order chi connectivity index (χ1) is 17.7. The summed E-state index contributed by atoms with van der Waals surface area (Å²) in [7, 11) is 0. The number of benzene rings is 2. The van der Waals surface area contributed by atoms with Crippen molar-refractivity contribution in [1.82, 2.24) is 9.88 Å². The van der Waals surface area contributed by atoms with Gasteiger partial charge in [-0.3, -0.25) is 4.57 Å². The number of ether oxygens (including phenoxy) is 2. The van der Waals surface area contributed by atoms with E-state index in [2.05, 4.69) is 12.2 Å². The average Bonchev–Trinajstić information content (AvgIpc) is 3.26. The Hall–Kier alpha value is -2.83. The lowest BCUT2D eigenvalue weighted by Gasteiger charge is -2.33. The van der Waals surface area contributed by atoms with E-state index in [9.17, 15) is 9.59 Å². The molecule has 3 aromatic rings. The fraction of sp³-hybridized carbons (Fsp3) is 0.484. The number of carbonyl (C=O) groups excluding carboxylic acids is 2. The molecule has 4 rings (SSSR count). The van der Waals surface area contributed by atoms with Crippen LogP contribution in [0, 0.1) is 12.8 Å². The molecule has 0 saturated carbocycles. The summed E-state index contributed by atoms with van der Waals surface area (Å²) in [5, 5.41) is 5.06. The molecule has 1 aromatic heterocycles. The highest BCUT2D eigenvalue weighted by molar-refractivity contribution is 6.35. The van der Waals surface area contributed by atoms with Crippen LogP contribution in [0.2, 0.25) is 5.02 Å². The second-order valence-corrected chi connectivity index (χ2v) is 12.7. The lowest BCUT2D eigenvalue weighted by molar-refractivity contribution is 0.00692. The van der Waals surface area contributed by atoms with Crippen LogP contribution in [0.5, 0.6) is 0 Å². The van der Waals surface area contributed by atoms with E-state index in [-0.39, 0.29) is 11.9 Å². The molecule has 38 heavy (non-hydrogen) atoms. The zero-order valence-electron chi connectivity index (χ0n) is 23.5. The Kier molecular flexibility index (Phi) is 7.96. The Bertz CT molecular complexity index is 1330. The zero-order valence-corrected chi connectivity index (χ0v) is 24.2. The monoisotopic (exact) mass is 538 g/mol. The van der Waals surface area contributed by atoms with Gasteiger partial charge in [0, 0.05) is 18.1 Å². The summed E-state index contributed by atoms with van der Waals surface area (Å²) in [5.41, 5.74) is 3.63. The molecule has 2 aromatic carbocycles. The first kappa shape index (κ1) is 28.2. The van der Waals surface area contributed by atoms with Crippen LogP contribution in [0.1, 0.15) is 80.9 Å². The van der Waals surface area contributed by atoms with Gasteiger partial charge in [0.15, 0.2) is 0 Å². The molecule has 204 valence electrons. The number of aromatic nitrogens is 1. The standard InChI is InChI=1S/C31H39ClN2O4/c1-19-16-26(32)27-23(13-15-34(27)29(36)38-31(5,6)7)24(19)17-22-12-14-33-18-25(22)20-8-10-21(11-9-20)28(35)37-30(2,3)4/h8-11,13,15-16,22,25,33H,12,14,17-18H2,1-7H3/t22-,25-/m0/s1. The van der Waals surface area contributed by atoms with Crippen LogP contribution < -0.4 is 5.32 Å². The van der Waals surface area contributed by atoms with Gasteiger partial charge in [-0.25, -0.2) is 9.59 Å². The van der Waals surface area contributed by atoms with E-state index in [0.717, 1.165) is 36.9 Å². The predicted molar refractivity (Wildman–Crippen MR) is 152 cm³/mol. The molecule has 1 aliphatic rings. The molecule has 0 unspecified atom stereocenters. The Morgan fingerprint density at radius 3 is 2.32 bits per heavy atom. The van der Waals surface area contributed by atoms with Gasteiger partial charge in [-0.05, 0) is 121 Å². The van der Waals surface area contributed by atoms with E-state index in [1.165, 1.54) is 15.7 Å². The number of nitrogens with one attached hydrogen (secondary N) is 1. The molecule has 6 nitrogen and oxygen atoms in total. The van der Waals surface area contributed by atoms with Crippen molar-refractivity contribution >= 4 is 34.6 Å². The number of piperidine rings is 1. The summed E-state index contributed by atoms with van der Waals surface area (Å²) in [6.45, 7) is 15.1. The minimum atomic E-state index is -0.602. The van der Waals surface area contributed by atoms with Crippen LogP contribution in [0.3, 0.4) is 0 Å². The molecule has 0 bridgehead atoms. The summed E-state index contributed by atoms with van der Waals surface area (Å²) >= 11 is 6.67. The summed E-state index contributed by atoms with van der Waals surface area (Å²) in [5.74, 6) is 0.363. The second-order valence-electron chi connectivity index (χ2n) is 12.3. The largest absolute Gasteiger partial charge is 0.456 e. The van der Waals surface area contributed by atoms with Crippen LogP contribution in [-0.2, 0) is 15.9 Å². The van der Waals surface area contributed by atoms with Crippen molar-refractivity contribution in [2.45, 2.75) is 78.4 Å². The average molecular weight is 539 g/mol. The van der Waals surface area contributed by atoms with E-state index in [0.29, 0.717) is 22.0 Å².